The molecule has 1 unspecified atom stereocenters. The third kappa shape index (κ3) is 1.41. The minimum absolute atomic E-state index is 0.228. The number of allylic oxidation sites excluding steroid dienone is 2. The van der Waals surface area contributed by atoms with E-state index < -0.39 is 6.10 Å². The number of morpholine rings is 1. The Bertz CT molecular complexity index is 333. The largest absolute Gasteiger partial charge is 0.479 e. The Kier molecular flexibility index (Phi) is 2.27. The number of nitrogens with one attached hydrogen (secondary N) is 1. The number of hydrogen-bond acceptors (Lipinski definition) is 2. The van der Waals surface area contributed by atoms with Gasteiger partial charge in [0.15, 0.2) is 6.10 Å². The van der Waals surface area contributed by atoms with Crippen molar-refractivity contribution in [3.63, 3.8) is 0 Å². The summed E-state index contributed by atoms with van der Waals surface area (Å²) in [5.41, 5.74) is 0.228. The van der Waals surface area contributed by atoms with Crippen molar-refractivity contribution in [1.29, 1.82) is 0 Å². The summed E-state index contributed by atoms with van der Waals surface area (Å²) in [5, 5.41) is 2.54. The van der Waals surface area contributed by atoms with E-state index in [1.807, 2.05) is 13.0 Å². The Morgan fingerprint density at radius 3 is 3.21 bits per heavy atom. The van der Waals surface area contributed by atoms with Crippen LogP contribution in [-0.4, -0.2) is 12.0 Å². The van der Waals surface area contributed by atoms with Crippen molar-refractivity contribution in [3.05, 3.63) is 23.4 Å². The molecule has 3 nitrogen and oxygen atoms in total. The number of hydrogen-bond donors (Lipinski definition) is 1. The molecule has 0 aromatic heterocycles. The first-order valence-corrected chi connectivity index (χ1v) is 4.79. The second kappa shape index (κ2) is 3.44. The summed E-state index contributed by atoms with van der Waals surface area (Å²) >= 11 is 0. The molecule has 1 aliphatic heterocycles. The Morgan fingerprint density at radius 2 is 2.50 bits per heavy atom. The molecule has 1 fully saturated rings. The van der Waals surface area contributed by atoms with Gasteiger partial charge < -0.3 is 10.1 Å². The molecule has 2 rings (SSSR count). The second-order valence-corrected chi connectivity index (χ2v) is 3.39. The summed E-state index contributed by atoms with van der Waals surface area (Å²) < 4.78 is 18.6. The van der Waals surface area contributed by atoms with Crippen LogP contribution in [0.15, 0.2) is 23.4 Å². The molecule has 1 saturated heterocycles. The SMILES string of the molecule is CCC1OC2=CCCC(F)=C2NC1=O. The number of amides is 1. The van der Waals surface area contributed by atoms with Crippen LogP contribution in [0.4, 0.5) is 4.39 Å². The molecule has 76 valence electrons. The van der Waals surface area contributed by atoms with Crippen LogP contribution >= 0.6 is 0 Å². The molecule has 0 saturated carbocycles. The Hall–Kier alpha value is -1.32. The van der Waals surface area contributed by atoms with Crippen LogP contribution in [0, 0.1) is 0 Å². The average Bonchev–Trinajstić information content (AvgIpc) is 2.19. The topological polar surface area (TPSA) is 38.3 Å². The molecule has 2 aliphatic rings. The molecule has 14 heavy (non-hydrogen) atoms. The zero-order valence-electron chi connectivity index (χ0n) is 7.97. The van der Waals surface area contributed by atoms with E-state index in [-0.39, 0.29) is 17.4 Å². The minimum atomic E-state index is -0.476. The maximum atomic E-state index is 13.3. The van der Waals surface area contributed by atoms with Gasteiger partial charge in [-0.3, -0.25) is 4.79 Å². The molecule has 0 spiro atoms. The number of ether oxygens (including phenoxy) is 1. The van der Waals surface area contributed by atoms with Crippen molar-refractivity contribution in [1.82, 2.24) is 5.32 Å². The molecular weight excluding hydrogens is 185 g/mol. The number of carbonyl (C=O) groups excluding carboxylic acids is 1. The maximum Gasteiger partial charge on any atom is 0.265 e. The number of fused-ring (bicyclic) bond motifs is 1. The second-order valence-electron chi connectivity index (χ2n) is 3.39. The predicted octanol–water partition coefficient (Wildman–Crippen LogP) is 1.77. The smallest absolute Gasteiger partial charge is 0.265 e. The molecule has 0 bridgehead atoms. The van der Waals surface area contributed by atoms with Crippen LogP contribution in [0.1, 0.15) is 26.2 Å². The molecule has 1 heterocycles. The maximum absolute atomic E-state index is 13.3. The van der Waals surface area contributed by atoms with Crippen LogP contribution in [0.5, 0.6) is 0 Å². The van der Waals surface area contributed by atoms with Gasteiger partial charge in [-0.2, -0.15) is 0 Å². The molecule has 1 N–H and O–H groups in total. The number of halogens is 1. The summed E-state index contributed by atoms with van der Waals surface area (Å²) in [4.78, 5) is 11.4. The van der Waals surface area contributed by atoms with Crippen molar-refractivity contribution in [3.8, 4) is 0 Å². The predicted molar refractivity (Wildman–Crippen MR) is 48.8 cm³/mol. The molecule has 0 radical (unpaired) electrons. The fourth-order valence-electron chi connectivity index (χ4n) is 1.61. The minimum Gasteiger partial charge on any atom is -0.479 e. The zero-order valence-corrected chi connectivity index (χ0v) is 7.97. The third-order valence-corrected chi connectivity index (χ3v) is 2.39. The van der Waals surface area contributed by atoms with Gasteiger partial charge in [0.25, 0.3) is 5.91 Å². The highest BCUT2D eigenvalue weighted by Crippen LogP contribution is 2.29. The lowest BCUT2D eigenvalue weighted by molar-refractivity contribution is -0.132. The molecule has 1 aliphatic carbocycles. The molecule has 4 heteroatoms. The summed E-state index contributed by atoms with van der Waals surface area (Å²) in [6.45, 7) is 1.86. The normalized spacial score (nSPS) is 26.3. The highest BCUT2D eigenvalue weighted by atomic mass is 19.1. The fourth-order valence-corrected chi connectivity index (χ4v) is 1.61. The summed E-state index contributed by atoms with van der Waals surface area (Å²) in [6, 6.07) is 0. The van der Waals surface area contributed by atoms with E-state index in [2.05, 4.69) is 5.32 Å². The van der Waals surface area contributed by atoms with E-state index in [1.54, 1.807) is 0 Å². The van der Waals surface area contributed by atoms with E-state index in [0.717, 1.165) is 0 Å². The summed E-state index contributed by atoms with van der Waals surface area (Å²) in [7, 11) is 0. The van der Waals surface area contributed by atoms with Gasteiger partial charge in [-0.05, 0) is 18.9 Å². The number of rotatable bonds is 1. The van der Waals surface area contributed by atoms with Gasteiger partial charge in [0, 0.05) is 6.42 Å². The van der Waals surface area contributed by atoms with Gasteiger partial charge in [-0.25, -0.2) is 4.39 Å². The first kappa shape index (κ1) is 9.24. The average molecular weight is 197 g/mol. The Labute approximate surface area is 81.6 Å². The fraction of sp³-hybridized carbons (Fsp3) is 0.500. The Balaban J connectivity index is 2.27. The van der Waals surface area contributed by atoms with Crippen LogP contribution in [0.25, 0.3) is 0 Å². The molecular formula is C10H12FNO2. The van der Waals surface area contributed by atoms with Gasteiger partial charge in [-0.15, -0.1) is 0 Å². The van der Waals surface area contributed by atoms with E-state index in [4.69, 9.17) is 4.74 Å². The van der Waals surface area contributed by atoms with E-state index >= 15 is 0 Å². The molecule has 0 aromatic rings. The highest BCUT2D eigenvalue weighted by molar-refractivity contribution is 5.84. The van der Waals surface area contributed by atoms with Crippen molar-refractivity contribution in [2.24, 2.45) is 0 Å². The van der Waals surface area contributed by atoms with Crippen LogP contribution in [-0.2, 0) is 9.53 Å². The van der Waals surface area contributed by atoms with Gasteiger partial charge >= 0.3 is 0 Å². The van der Waals surface area contributed by atoms with E-state index in [9.17, 15) is 9.18 Å². The molecule has 1 atom stereocenters. The monoisotopic (exact) mass is 197 g/mol. The lowest BCUT2D eigenvalue weighted by atomic mass is 10.1. The van der Waals surface area contributed by atoms with Crippen molar-refractivity contribution in [2.75, 3.05) is 0 Å². The molecule has 0 aromatic carbocycles. The van der Waals surface area contributed by atoms with Crippen molar-refractivity contribution in [2.45, 2.75) is 32.3 Å². The first-order chi connectivity index (χ1) is 6.72. The molecule has 1 amide bonds. The summed E-state index contributed by atoms with van der Waals surface area (Å²) in [6.07, 6.45) is 2.92. The van der Waals surface area contributed by atoms with E-state index in [0.29, 0.717) is 25.0 Å². The highest BCUT2D eigenvalue weighted by Gasteiger charge is 2.31. The zero-order chi connectivity index (χ0) is 10.1. The summed E-state index contributed by atoms with van der Waals surface area (Å²) in [5.74, 6) is -0.0534. The van der Waals surface area contributed by atoms with Crippen molar-refractivity contribution < 1.29 is 13.9 Å². The lowest BCUT2D eigenvalue weighted by Crippen LogP contribution is -2.42. The van der Waals surface area contributed by atoms with E-state index in [1.165, 1.54) is 0 Å². The standard InChI is InChI=1S/C10H12FNO2/c1-2-7-10(13)12-9-6(11)4-3-5-8(9)14-7/h5,7H,2-4H2,1H3,(H,12,13). The van der Waals surface area contributed by atoms with Crippen LogP contribution in [0.2, 0.25) is 0 Å². The van der Waals surface area contributed by atoms with Gasteiger partial charge in [-0.1, -0.05) is 6.92 Å². The van der Waals surface area contributed by atoms with Gasteiger partial charge in [0.2, 0.25) is 0 Å². The number of carbonyl (C=O) groups is 1. The quantitative estimate of drug-likeness (QED) is 0.695. The third-order valence-electron chi connectivity index (χ3n) is 2.39. The lowest BCUT2D eigenvalue weighted by Gasteiger charge is -2.29. The van der Waals surface area contributed by atoms with Gasteiger partial charge in [0.1, 0.15) is 17.3 Å². The van der Waals surface area contributed by atoms with Gasteiger partial charge in [0.05, 0.1) is 0 Å². The van der Waals surface area contributed by atoms with Crippen LogP contribution in [0.3, 0.4) is 0 Å². The Morgan fingerprint density at radius 1 is 1.71 bits per heavy atom. The van der Waals surface area contributed by atoms with Crippen molar-refractivity contribution >= 4 is 5.91 Å². The van der Waals surface area contributed by atoms with Crippen LogP contribution < -0.4 is 5.32 Å². The first-order valence-electron chi connectivity index (χ1n) is 4.79.